The van der Waals surface area contributed by atoms with Gasteiger partial charge in [0.15, 0.2) is 0 Å². The van der Waals surface area contributed by atoms with E-state index in [9.17, 15) is 0 Å². The van der Waals surface area contributed by atoms with Crippen LogP contribution in [0.15, 0.2) is 0 Å². The molecule has 0 aromatic carbocycles. The fraction of sp³-hybridized carbons (Fsp3) is 1.00. The molecule has 0 spiro atoms. The van der Waals surface area contributed by atoms with Gasteiger partial charge >= 0.3 is 87.2 Å². The van der Waals surface area contributed by atoms with E-state index in [1.54, 1.807) is 8.87 Å². The van der Waals surface area contributed by atoms with Crippen molar-refractivity contribution in [2.75, 3.05) is 39.6 Å². The van der Waals surface area contributed by atoms with Crippen LogP contribution in [0.3, 0.4) is 0 Å². The van der Waals surface area contributed by atoms with Crippen LogP contribution in [0.1, 0.15) is 108 Å². The van der Waals surface area contributed by atoms with Crippen molar-refractivity contribution in [1.29, 1.82) is 0 Å². The molecule has 0 saturated heterocycles. The van der Waals surface area contributed by atoms with Gasteiger partial charge < -0.3 is 38.0 Å². The first kappa shape index (κ1) is 42.4. The van der Waals surface area contributed by atoms with Crippen molar-refractivity contribution in [3.05, 3.63) is 0 Å². The van der Waals surface area contributed by atoms with Crippen LogP contribution < -0.4 is 11.5 Å². The molecule has 4 N–H and O–H groups in total. The summed E-state index contributed by atoms with van der Waals surface area (Å²) in [6.07, 6.45) is 7.46. The smallest absolute Gasteiger partial charge is 0.373 e. The Hall–Kier alpha value is 0.912. The predicted octanol–water partition coefficient (Wildman–Crippen LogP) is 5.75. The van der Waals surface area contributed by atoms with E-state index in [0.29, 0.717) is 39.6 Å². The second-order valence-corrected chi connectivity index (χ2v) is 18.2. The van der Waals surface area contributed by atoms with Gasteiger partial charge in [0.05, 0.1) is 11.3 Å². The van der Waals surface area contributed by atoms with E-state index in [4.69, 9.17) is 38.0 Å². The van der Waals surface area contributed by atoms with Gasteiger partial charge in [-0.05, 0) is 54.4 Å². The van der Waals surface area contributed by atoms with Gasteiger partial charge in [0, 0.05) is 39.6 Å². The Kier molecular flexibility index (Phi) is 34.2. The molecule has 0 rings (SSSR count). The quantitative estimate of drug-likeness (QED) is 0.110. The largest absolute Gasteiger partial charge is 0.518 e. The number of nitrogens with two attached hydrogens (primary N) is 2. The van der Waals surface area contributed by atoms with E-state index in [1.165, 1.54) is 25.7 Å². The summed E-state index contributed by atoms with van der Waals surface area (Å²) in [5.74, 6) is 0. The molecule has 0 amide bonds. The fourth-order valence-electron chi connectivity index (χ4n) is 3.33. The molecule has 2 atom stereocenters. The summed E-state index contributed by atoms with van der Waals surface area (Å²) in [7, 11) is -5.24. The van der Waals surface area contributed by atoms with Crippen molar-refractivity contribution >= 4 is 38.8 Å². The average molecular weight is 676 g/mol. The van der Waals surface area contributed by atoms with E-state index in [-0.39, 0.29) is 32.5 Å². The molecule has 0 bridgehead atoms. The molecular formula is C26H64N2O6Si2Sn. The molecule has 0 aliphatic heterocycles. The van der Waals surface area contributed by atoms with Crippen LogP contribution in [0.25, 0.3) is 0 Å². The Balaban J connectivity index is -0.000000481. The number of unbranched alkanes of at least 4 members (excludes halogenated alkanes) is 2. The Labute approximate surface area is 243 Å². The molecule has 0 saturated carbocycles. The summed E-state index contributed by atoms with van der Waals surface area (Å²) in [6.45, 7) is 23.7. The number of rotatable bonds is 22. The van der Waals surface area contributed by atoms with Crippen LogP contribution in [0.4, 0.5) is 0 Å². The maximum absolute atomic E-state index is 6.00. The molecule has 37 heavy (non-hydrogen) atoms. The molecule has 0 aliphatic rings. The summed E-state index contributed by atoms with van der Waals surface area (Å²) >= 11 is 0.149. The van der Waals surface area contributed by atoms with Gasteiger partial charge in [0.1, 0.15) is 0 Å². The van der Waals surface area contributed by atoms with E-state index < -0.39 is 17.6 Å². The zero-order valence-electron chi connectivity index (χ0n) is 26.2. The van der Waals surface area contributed by atoms with Crippen molar-refractivity contribution in [2.45, 2.75) is 128 Å². The topological polar surface area (TPSA) is 107 Å². The number of hydrogen-bond acceptors (Lipinski definition) is 8. The van der Waals surface area contributed by atoms with Gasteiger partial charge in [-0.3, -0.25) is 0 Å². The van der Waals surface area contributed by atoms with Gasteiger partial charge in [-0.15, -0.1) is 0 Å². The van der Waals surface area contributed by atoms with Gasteiger partial charge in [0.2, 0.25) is 0 Å². The third kappa shape index (κ3) is 20.4. The number of hydrogen-bond donors (Lipinski definition) is 2. The average Bonchev–Trinajstić information content (AvgIpc) is 2.89. The summed E-state index contributed by atoms with van der Waals surface area (Å²) in [5.41, 5.74) is 11.7. The first-order valence-electron chi connectivity index (χ1n) is 14.8. The van der Waals surface area contributed by atoms with Crippen molar-refractivity contribution in [3.8, 4) is 0 Å². The van der Waals surface area contributed by atoms with Crippen LogP contribution in [-0.4, -0.2) is 89.7 Å². The molecule has 0 aromatic heterocycles. The summed E-state index contributed by atoms with van der Waals surface area (Å²) in [5, 5.41) is 0. The van der Waals surface area contributed by atoms with Crippen LogP contribution in [0.2, 0.25) is 8.87 Å². The van der Waals surface area contributed by atoms with Crippen molar-refractivity contribution in [1.82, 2.24) is 0 Å². The zero-order valence-corrected chi connectivity index (χ0v) is 31.0. The first-order valence-corrected chi connectivity index (χ1v) is 22.4. The van der Waals surface area contributed by atoms with Gasteiger partial charge in [-0.2, -0.15) is 0 Å². The Morgan fingerprint density at radius 2 is 0.730 bits per heavy atom. The van der Waals surface area contributed by atoms with E-state index in [1.807, 2.05) is 55.4 Å². The SMILES string of the molecule is CCC[CH2][Sn][CH2]CCC.CCO[Si](OCC)(OCC)C(N)CC.CCO[Si](OCC)(OCC)C(N)CC. The van der Waals surface area contributed by atoms with E-state index >= 15 is 0 Å². The minimum Gasteiger partial charge on any atom is -0.373 e. The van der Waals surface area contributed by atoms with E-state index in [0.717, 1.165) is 12.8 Å². The molecule has 8 nitrogen and oxygen atoms in total. The molecule has 226 valence electrons. The molecule has 11 heteroatoms. The van der Waals surface area contributed by atoms with Gasteiger partial charge in [-0.25, -0.2) is 0 Å². The maximum Gasteiger partial charge on any atom is 0.518 e. The zero-order chi connectivity index (χ0) is 29.0. The molecule has 2 radical (unpaired) electrons. The second kappa shape index (κ2) is 29.9. The van der Waals surface area contributed by atoms with Crippen LogP contribution in [-0.2, 0) is 26.6 Å². The molecule has 0 aromatic rings. The van der Waals surface area contributed by atoms with E-state index in [2.05, 4.69) is 13.8 Å². The summed E-state index contributed by atoms with van der Waals surface area (Å²) in [6, 6.07) is 0. The van der Waals surface area contributed by atoms with Crippen LogP contribution in [0.5, 0.6) is 0 Å². The standard InChI is InChI=1S/2C9H23NO3Si.2C4H9.Sn/c2*1-5-9(10)14(11-6-2,12-7-3)13-8-4;2*1-3-4-2;/h2*9H,5-8,10H2,1-4H3;2*1,3-4H2,2H3;. The fourth-order valence-corrected chi connectivity index (χ4v) is 12.7. The maximum atomic E-state index is 6.00. The molecule has 2 unspecified atom stereocenters. The minimum atomic E-state index is -2.62. The third-order valence-corrected chi connectivity index (χ3v) is 16.1. The Bertz CT molecular complexity index is 387. The molecular weight excluding hydrogens is 611 g/mol. The minimum absolute atomic E-state index is 0.123. The second-order valence-electron chi connectivity index (χ2n) is 8.29. The van der Waals surface area contributed by atoms with Crippen molar-refractivity contribution in [3.63, 3.8) is 0 Å². The summed E-state index contributed by atoms with van der Waals surface area (Å²) in [4.78, 5) is 0. The Morgan fingerprint density at radius 1 is 0.486 bits per heavy atom. The first-order chi connectivity index (χ1) is 17.7. The van der Waals surface area contributed by atoms with Crippen LogP contribution >= 0.6 is 0 Å². The van der Waals surface area contributed by atoms with Crippen LogP contribution in [0, 0.1) is 0 Å². The van der Waals surface area contributed by atoms with Crippen molar-refractivity contribution in [2.24, 2.45) is 11.5 Å². The molecule has 0 heterocycles. The molecule has 0 aliphatic carbocycles. The third-order valence-electron chi connectivity index (χ3n) is 5.28. The Morgan fingerprint density at radius 3 is 0.892 bits per heavy atom. The van der Waals surface area contributed by atoms with Gasteiger partial charge in [-0.1, -0.05) is 13.8 Å². The predicted molar refractivity (Wildman–Crippen MR) is 163 cm³/mol. The summed E-state index contributed by atoms with van der Waals surface area (Å²) < 4.78 is 37.0. The van der Waals surface area contributed by atoms with Crippen molar-refractivity contribution < 1.29 is 26.6 Å². The van der Waals surface area contributed by atoms with Gasteiger partial charge in [0.25, 0.3) is 0 Å². The monoisotopic (exact) mass is 676 g/mol. The normalized spacial score (nSPS) is 13.3. The molecule has 0 fully saturated rings.